The molecule has 7 nitrogen and oxygen atoms in total. The Hall–Kier alpha value is -2.84. The highest BCUT2D eigenvalue weighted by molar-refractivity contribution is 7.98. The zero-order valence-corrected chi connectivity index (χ0v) is 17.6. The second kappa shape index (κ2) is 8.67. The van der Waals surface area contributed by atoms with Gasteiger partial charge in [0, 0.05) is 22.0 Å². The number of aromatic nitrogens is 6. The van der Waals surface area contributed by atoms with Crippen molar-refractivity contribution >= 4 is 23.4 Å². The van der Waals surface area contributed by atoms with Crippen LogP contribution in [0.15, 0.2) is 59.8 Å². The van der Waals surface area contributed by atoms with Gasteiger partial charge in [-0.2, -0.15) is 9.78 Å². The van der Waals surface area contributed by atoms with Crippen LogP contribution in [0, 0.1) is 13.8 Å². The van der Waals surface area contributed by atoms with Gasteiger partial charge >= 0.3 is 0 Å². The van der Waals surface area contributed by atoms with E-state index in [-0.39, 0.29) is 0 Å². The molecule has 2 heterocycles. The van der Waals surface area contributed by atoms with Crippen molar-refractivity contribution in [3.8, 4) is 11.4 Å². The second-order valence-corrected chi connectivity index (χ2v) is 7.83. The maximum atomic E-state index is 6.22. The fraction of sp³-hybridized carbons (Fsp3) is 0.200. The van der Waals surface area contributed by atoms with E-state index in [9.17, 15) is 0 Å². The minimum Gasteiger partial charge on any atom is -0.471 e. The summed E-state index contributed by atoms with van der Waals surface area (Å²) in [5.74, 6) is 1.37. The van der Waals surface area contributed by atoms with E-state index >= 15 is 0 Å². The number of thioether (sulfide) groups is 1. The molecule has 0 N–H and O–H groups in total. The molecule has 0 atom stereocenters. The molecular weight excluding hydrogens is 408 g/mol. The van der Waals surface area contributed by atoms with E-state index in [2.05, 4.69) is 20.6 Å². The Morgan fingerprint density at radius 1 is 1.07 bits per heavy atom. The van der Waals surface area contributed by atoms with Crippen LogP contribution in [-0.4, -0.2) is 30.0 Å². The Balaban J connectivity index is 1.50. The molecule has 148 valence electrons. The molecule has 0 spiro atoms. The summed E-state index contributed by atoms with van der Waals surface area (Å²) >= 11 is 7.74. The molecule has 0 aliphatic rings. The molecular formula is C20H19ClN6OS. The minimum atomic E-state index is 0.334. The van der Waals surface area contributed by atoms with E-state index in [1.165, 1.54) is 11.8 Å². The summed E-state index contributed by atoms with van der Waals surface area (Å²) < 4.78 is 9.57. The zero-order chi connectivity index (χ0) is 20.2. The molecule has 0 fully saturated rings. The van der Waals surface area contributed by atoms with Crippen molar-refractivity contribution < 1.29 is 4.74 Å². The summed E-state index contributed by atoms with van der Waals surface area (Å²) in [4.78, 5) is 0. The third-order valence-corrected chi connectivity index (χ3v) is 5.47. The van der Waals surface area contributed by atoms with E-state index < -0.39 is 0 Å². The van der Waals surface area contributed by atoms with Gasteiger partial charge in [0.05, 0.1) is 11.4 Å². The van der Waals surface area contributed by atoms with E-state index in [0.717, 1.165) is 28.4 Å². The first-order valence-corrected chi connectivity index (χ1v) is 10.4. The van der Waals surface area contributed by atoms with E-state index in [1.807, 2.05) is 73.1 Å². The second-order valence-electron chi connectivity index (χ2n) is 6.45. The number of nitrogens with zero attached hydrogens (tertiary/aromatic N) is 6. The molecule has 4 aromatic rings. The first kappa shape index (κ1) is 19.5. The maximum Gasteiger partial charge on any atom is 0.214 e. The minimum absolute atomic E-state index is 0.334. The number of rotatable bonds is 7. The zero-order valence-electron chi connectivity index (χ0n) is 16.0. The highest BCUT2D eigenvalue weighted by Crippen LogP contribution is 2.30. The van der Waals surface area contributed by atoms with E-state index in [1.54, 1.807) is 4.68 Å². The lowest BCUT2D eigenvalue weighted by molar-refractivity contribution is 0.216. The van der Waals surface area contributed by atoms with Gasteiger partial charge in [0.2, 0.25) is 5.16 Å². The number of para-hydroxylation sites is 1. The van der Waals surface area contributed by atoms with Gasteiger partial charge in [-0.05, 0) is 60.7 Å². The predicted octanol–water partition coefficient (Wildman–Crippen LogP) is 4.46. The monoisotopic (exact) mass is 426 g/mol. The van der Waals surface area contributed by atoms with Crippen LogP contribution < -0.4 is 4.74 Å². The van der Waals surface area contributed by atoms with Gasteiger partial charge in [-0.25, -0.2) is 4.68 Å². The van der Waals surface area contributed by atoms with Crippen molar-refractivity contribution in [3.05, 3.63) is 76.6 Å². The van der Waals surface area contributed by atoms with Crippen LogP contribution in [-0.2, 0) is 12.5 Å². The highest BCUT2D eigenvalue weighted by Gasteiger charge is 2.12. The lowest BCUT2D eigenvalue weighted by Gasteiger charge is -2.13. The third-order valence-electron chi connectivity index (χ3n) is 4.27. The van der Waals surface area contributed by atoms with Crippen molar-refractivity contribution in [2.75, 3.05) is 0 Å². The fourth-order valence-electron chi connectivity index (χ4n) is 2.88. The lowest BCUT2D eigenvalue weighted by Crippen LogP contribution is -2.09. The van der Waals surface area contributed by atoms with Crippen molar-refractivity contribution in [2.45, 2.75) is 31.5 Å². The van der Waals surface area contributed by atoms with Crippen LogP contribution in [0.4, 0.5) is 0 Å². The van der Waals surface area contributed by atoms with Crippen molar-refractivity contribution in [1.29, 1.82) is 0 Å². The fourth-order valence-corrected chi connectivity index (χ4v) is 3.94. The van der Waals surface area contributed by atoms with Gasteiger partial charge in [0.25, 0.3) is 0 Å². The molecule has 4 rings (SSSR count). The quantitative estimate of drug-likeness (QED) is 0.406. The smallest absolute Gasteiger partial charge is 0.214 e. The van der Waals surface area contributed by atoms with Gasteiger partial charge in [0.1, 0.15) is 5.75 Å². The Bertz CT molecular complexity index is 1110. The SMILES string of the molecule is Cc1cc(C)n(COc2ccc(Cl)cc2CSc2nnnn2-c2ccccc2)n1. The van der Waals surface area contributed by atoms with E-state index in [0.29, 0.717) is 22.7 Å². The molecule has 2 aromatic carbocycles. The van der Waals surface area contributed by atoms with Crippen molar-refractivity contribution in [1.82, 2.24) is 30.0 Å². The van der Waals surface area contributed by atoms with Crippen LogP contribution in [0.3, 0.4) is 0 Å². The lowest BCUT2D eigenvalue weighted by atomic mass is 10.2. The molecule has 29 heavy (non-hydrogen) atoms. The van der Waals surface area contributed by atoms with Crippen LogP contribution in [0.5, 0.6) is 5.75 Å². The largest absolute Gasteiger partial charge is 0.471 e. The average molecular weight is 427 g/mol. The Labute approximate surface area is 177 Å². The molecule has 0 aliphatic carbocycles. The van der Waals surface area contributed by atoms with Crippen LogP contribution >= 0.6 is 23.4 Å². The van der Waals surface area contributed by atoms with E-state index in [4.69, 9.17) is 16.3 Å². The molecule has 0 aliphatic heterocycles. The summed E-state index contributed by atoms with van der Waals surface area (Å²) in [5, 5.41) is 17.8. The number of halogens is 1. The predicted molar refractivity (Wildman–Crippen MR) is 112 cm³/mol. The van der Waals surface area contributed by atoms with Crippen molar-refractivity contribution in [3.63, 3.8) is 0 Å². The Morgan fingerprint density at radius 2 is 1.90 bits per heavy atom. The molecule has 9 heteroatoms. The summed E-state index contributed by atoms with van der Waals surface area (Å²) in [7, 11) is 0. The van der Waals surface area contributed by atoms with Gasteiger partial charge in [0.15, 0.2) is 6.73 Å². The Kier molecular flexibility index (Phi) is 5.82. The van der Waals surface area contributed by atoms with Crippen LogP contribution in [0.25, 0.3) is 5.69 Å². The first-order valence-electron chi connectivity index (χ1n) is 8.99. The highest BCUT2D eigenvalue weighted by atomic mass is 35.5. The maximum absolute atomic E-state index is 6.22. The van der Waals surface area contributed by atoms with Crippen molar-refractivity contribution in [2.24, 2.45) is 0 Å². The first-order chi connectivity index (χ1) is 14.1. The number of ether oxygens (including phenoxy) is 1. The molecule has 0 bridgehead atoms. The number of aryl methyl sites for hydroxylation is 2. The molecule has 0 unspecified atom stereocenters. The van der Waals surface area contributed by atoms with Gasteiger partial charge in [-0.15, -0.1) is 5.10 Å². The Morgan fingerprint density at radius 3 is 2.66 bits per heavy atom. The third kappa shape index (κ3) is 4.60. The van der Waals surface area contributed by atoms with Crippen LogP contribution in [0.2, 0.25) is 5.02 Å². The number of tetrazole rings is 1. The molecule has 0 radical (unpaired) electrons. The van der Waals surface area contributed by atoms with Crippen LogP contribution in [0.1, 0.15) is 17.0 Å². The standard InChI is InChI=1S/C20H19ClN6OS/c1-14-10-15(2)26(23-14)13-28-19-9-8-17(21)11-16(19)12-29-20-22-24-25-27(20)18-6-4-3-5-7-18/h3-11H,12-13H2,1-2H3. The van der Waals surface area contributed by atoms with Gasteiger partial charge in [-0.1, -0.05) is 41.6 Å². The molecule has 2 aromatic heterocycles. The van der Waals surface area contributed by atoms with Gasteiger partial charge < -0.3 is 4.74 Å². The topological polar surface area (TPSA) is 70.7 Å². The normalized spacial score (nSPS) is 11.0. The molecule has 0 saturated carbocycles. The summed E-state index contributed by atoms with van der Waals surface area (Å²) in [6.45, 7) is 4.30. The molecule has 0 saturated heterocycles. The summed E-state index contributed by atoms with van der Waals surface area (Å²) in [6, 6.07) is 17.4. The van der Waals surface area contributed by atoms with Gasteiger partial charge in [-0.3, -0.25) is 0 Å². The average Bonchev–Trinajstić information content (AvgIpc) is 3.32. The number of benzene rings is 2. The molecule has 0 amide bonds. The summed E-state index contributed by atoms with van der Waals surface area (Å²) in [6.07, 6.45) is 0. The summed E-state index contributed by atoms with van der Waals surface area (Å²) in [5.41, 5.74) is 3.89. The number of hydrogen-bond acceptors (Lipinski definition) is 6. The number of hydrogen-bond donors (Lipinski definition) is 0.